The van der Waals surface area contributed by atoms with Crippen molar-refractivity contribution in [1.29, 1.82) is 5.26 Å². The molecule has 2 N–H and O–H groups in total. The van der Waals surface area contributed by atoms with Gasteiger partial charge in [0, 0.05) is 0 Å². The minimum absolute atomic E-state index is 0.0343. The standard InChI is InChI=1S/C8H10ClN3OS/c1-8(2,4-13)11-7-5(3-10)6(9)12-14-7/h11,13H,4H2,1-2H3. The van der Waals surface area contributed by atoms with Crippen molar-refractivity contribution >= 4 is 28.1 Å². The molecule has 0 spiro atoms. The zero-order valence-corrected chi connectivity index (χ0v) is 9.41. The third-order valence-electron chi connectivity index (χ3n) is 1.61. The van der Waals surface area contributed by atoms with Gasteiger partial charge in [0.1, 0.15) is 16.6 Å². The van der Waals surface area contributed by atoms with E-state index in [0.29, 0.717) is 10.6 Å². The van der Waals surface area contributed by atoms with E-state index in [1.54, 1.807) is 0 Å². The number of nitriles is 1. The number of nitrogens with zero attached hydrogens (tertiary/aromatic N) is 2. The summed E-state index contributed by atoms with van der Waals surface area (Å²) in [5.74, 6) is 0. The van der Waals surface area contributed by atoms with E-state index in [-0.39, 0.29) is 11.8 Å². The molecule has 0 aliphatic rings. The van der Waals surface area contributed by atoms with Crippen LogP contribution in [-0.4, -0.2) is 21.6 Å². The minimum atomic E-state index is -0.485. The van der Waals surface area contributed by atoms with Gasteiger partial charge in [-0.15, -0.1) is 0 Å². The second-order valence-corrected chi connectivity index (χ2v) is 4.59. The molecule has 14 heavy (non-hydrogen) atoms. The first-order chi connectivity index (χ1) is 6.50. The molecule has 0 saturated carbocycles. The molecule has 1 aromatic rings. The van der Waals surface area contributed by atoms with Crippen LogP contribution in [0.3, 0.4) is 0 Å². The summed E-state index contributed by atoms with van der Waals surface area (Å²) in [5, 5.41) is 21.6. The molecular weight excluding hydrogens is 222 g/mol. The van der Waals surface area contributed by atoms with Crippen LogP contribution in [0.4, 0.5) is 5.00 Å². The van der Waals surface area contributed by atoms with Crippen molar-refractivity contribution in [3.63, 3.8) is 0 Å². The van der Waals surface area contributed by atoms with Crippen LogP contribution in [0, 0.1) is 11.3 Å². The molecule has 0 atom stereocenters. The molecule has 0 fully saturated rings. The van der Waals surface area contributed by atoms with Crippen LogP contribution in [0.2, 0.25) is 5.15 Å². The van der Waals surface area contributed by atoms with Gasteiger partial charge in [-0.2, -0.15) is 9.64 Å². The van der Waals surface area contributed by atoms with E-state index in [4.69, 9.17) is 22.0 Å². The molecule has 6 heteroatoms. The molecule has 0 aromatic carbocycles. The number of rotatable bonds is 3. The second kappa shape index (κ2) is 4.13. The number of aliphatic hydroxyl groups excluding tert-OH is 1. The lowest BCUT2D eigenvalue weighted by Gasteiger charge is -2.23. The number of hydrogen-bond acceptors (Lipinski definition) is 5. The summed E-state index contributed by atoms with van der Waals surface area (Å²) in [6.07, 6.45) is 0. The zero-order valence-electron chi connectivity index (χ0n) is 7.83. The maximum Gasteiger partial charge on any atom is 0.162 e. The van der Waals surface area contributed by atoms with E-state index in [9.17, 15) is 0 Å². The highest BCUT2D eigenvalue weighted by Gasteiger charge is 2.20. The molecule has 0 aliphatic carbocycles. The molecule has 0 unspecified atom stereocenters. The van der Waals surface area contributed by atoms with E-state index in [1.165, 1.54) is 0 Å². The van der Waals surface area contributed by atoms with E-state index < -0.39 is 5.54 Å². The first-order valence-corrected chi connectivity index (χ1v) is 5.09. The molecule has 1 rings (SSSR count). The molecule has 0 radical (unpaired) electrons. The Morgan fingerprint density at radius 3 is 2.86 bits per heavy atom. The number of hydrogen-bond donors (Lipinski definition) is 2. The summed E-state index contributed by atoms with van der Waals surface area (Å²) in [6.45, 7) is 3.61. The van der Waals surface area contributed by atoms with Crippen molar-refractivity contribution in [2.45, 2.75) is 19.4 Å². The van der Waals surface area contributed by atoms with Gasteiger partial charge >= 0.3 is 0 Å². The van der Waals surface area contributed by atoms with Gasteiger partial charge in [0.2, 0.25) is 0 Å². The molecule has 1 aromatic heterocycles. The van der Waals surface area contributed by atoms with Crippen molar-refractivity contribution in [3.05, 3.63) is 10.7 Å². The van der Waals surface area contributed by atoms with Gasteiger partial charge in [0.25, 0.3) is 0 Å². The largest absolute Gasteiger partial charge is 0.394 e. The summed E-state index contributed by atoms with van der Waals surface area (Å²) in [4.78, 5) is 0. The number of halogens is 1. The molecular formula is C8H10ClN3OS. The fourth-order valence-corrected chi connectivity index (χ4v) is 1.91. The number of aromatic nitrogens is 1. The molecule has 0 saturated heterocycles. The molecule has 0 bridgehead atoms. The Morgan fingerprint density at radius 2 is 2.36 bits per heavy atom. The lowest BCUT2D eigenvalue weighted by Crippen LogP contribution is -2.34. The molecule has 0 aliphatic heterocycles. The summed E-state index contributed by atoms with van der Waals surface area (Å²) in [7, 11) is 0. The number of aliphatic hydroxyl groups is 1. The van der Waals surface area contributed by atoms with Crippen molar-refractivity contribution in [2.75, 3.05) is 11.9 Å². The quantitative estimate of drug-likeness (QED) is 0.833. The van der Waals surface area contributed by atoms with Gasteiger partial charge in [-0.1, -0.05) is 11.6 Å². The summed E-state index contributed by atoms with van der Waals surface area (Å²) in [5.41, 5.74) is -0.153. The predicted octanol–water partition coefficient (Wildman–Crippen LogP) is 1.85. The minimum Gasteiger partial charge on any atom is -0.394 e. The van der Waals surface area contributed by atoms with Crippen LogP contribution >= 0.6 is 23.1 Å². The van der Waals surface area contributed by atoms with E-state index in [0.717, 1.165) is 11.5 Å². The van der Waals surface area contributed by atoms with Gasteiger partial charge < -0.3 is 10.4 Å². The van der Waals surface area contributed by atoms with Gasteiger partial charge in [-0.25, -0.2) is 0 Å². The SMILES string of the molecule is CC(C)(CO)Nc1snc(Cl)c1C#N. The number of anilines is 1. The summed E-state index contributed by atoms with van der Waals surface area (Å²) < 4.78 is 3.85. The zero-order chi connectivity index (χ0) is 10.8. The Balaban J connectivity index is 2.93. The monoisotopic (exact) mass is 231 g/mol. The third-order valence-corrected chi connectivity index (χ3v) is 2.75. The average Bonchev–Trinajstić information content (AvgIpc) is 2.46. The van der Waals surface area contributed by atoms with E-state index in [2.05, 4.69) is 9.69 Å². The van der Waals surface area contributed by atoms with Crippen LogP contribution in [-0.2, 0) is 0 Å². The first kappa shape index (κ1) is 11.2. The van der Waals surface area contributed by atoms with Crippen LogP contribution in [0.5, 0.6) is 0 Å². The Morgan fingerprint density at radius 1 is 1.71 bits per heavy atom. The number of nitrogens with one attached hydrogen (secondary N) is 1. The van der Waals surface area contributed by atoms with Crippen LogP contribution in [0.25, 0.3) is 0 Å². The second-order valence-electron chi connectivity index (χ2n) is 3.46. The van der Waals surface area contributed by atoms with Gasteiger partial charge in [-0.3, -0.25) is 0 Å². The Bertz CT molecular complexity index is 369. The van der Waals surface area contributed by atoms with Gasteiger partial charge in [0.05, 0.1) is 12.1 Å². The smallest absolute Gasteiger partial charge is 0.162 e. The van der Waals surface area contributed by atoms with Gasteiger partial charge in [-0.05, 0) is 25.4 Å². The van der Waals surface area contributed by atoms with Crippen molar-refractivity contribution in [3.8, 4) is 6.07 Å². The fraction of sp³-hybridized carbons (Fsp3) is 0.500. The predicted molar refractivity (Wildman–Crippen MR) is 56.6 cm³/mol. The highest BCUT2D eigenvalue weighted by Crippen LogP contribution is 2.29. The van der Waals surface area contributed by atoms with E-state index in [1.807, 2.05) is 19.9 Å². The van der Waals surface area contributed by atoms with E-state index >= 15 is 0 Å². The maximum absolute atomic E-state index is 9.03. The molecule has 4 nitrogen and oxygen atoms in total. The average molecular weight is 232 g/mol. The third kappa shape index (κ3) is 2.35. The normalized spacial score (nSPS) is 11.1. The molecule has 1 heterocycles. The highest BCUT2D eigenvalue weighted by molar-refractivity contribution is 7.10. The van der Waals surface area contributed by atoms with Gasteiger partial charge in [0.15, 0.2) is 5.15 Å². The summed E-state index contributed by atoms with van der Waals surface area (Å²) >= 11 is 6.81. The summed E-state index contributed by atoms with van der Waals surface area (Å²) in [6, 6.07) is 1.96. The Hall–Kier alpha value is -0.830. The topological polar surface area (TPSA) is 68.9 Å². The highest BCUT2D eigenvalue weighted by atomic mass is 35.5. The Labute approximate surface area is 91.3 Å². The van der Waals surface area contributed by atoms with Crippen molar-refractivity contribution in [1.82, 2.24) is 4.37 Å². The fourth-order valence-electron chi connectivity index (χ4n) is 0.800. The maximum atomic E-state index is 9.03. The molecule has 0 amide bonds. The molecule has 76 valence electrons. The van der Waals surface area contributed by atoms with Crippen molar-refractivity contribution in [2.24, 2.45) is 0 Å². The van der Waals surface area contributed by atoms with Crippen LogP contribution < -0.4 is 5.32 Å². The van der Waals surface area contributed by atoms with Crippen LogP contribution in [0.15, 0.2) is 0 Å². The first-order valence-electron chi connectivity index (χ1n) is 3.94. The van der Waals surface area contributed by atoms with Crippen LogP contribution in [0.1, 0.15) is 19.4 Å². The lowest BCUT2D eigenvalue weighted by atomic mass is 10.1. The lowest BCUT2D eigenvalue weighted by molar-refractivity contribution is 0.234. The Kier molecular flexibility index (Phi) is 3.32. The van der Waals surface area contributed by atoms with Crippen molar-refractivity contribution < 1.29 is 5.11 Å².